The van der Waals surface area contributed by atoms with E-state index in [0.717, 1.165) is 33.2 Å². The van der Waals surface area contributed by atoms with Crippen LogP contribution in [0.15, 0.2) is 46.0 Å². The highest BCUT2D eigenvalue weighted by molar-refractivity contribution is 9.10. The van der Waals surface area contributed by atoms with Crippen LogP contribution in [0.25, 0.3) is 0 Å². The number of amidine groups is 1. The minimum Gasteiger partial charge on any atom is -0.493 e. The number of benzene rings is 1. The van der Waals surface area contributed by atoms with Crippen LogP contribution in [0.2, 0.25) is 0 Å². The van der Waals surface area contributed by atoms with E-state index in [1.165, 1.54) is 0 Å². The van der Waals surface area contributed by atoms with E-state index in [-0.39, 0.29) is 12.1 Å². The molecule has 1 saturated heterocycles. The van der Waals surface area contributed by atoms with Gasteiger partial charge >= 0.3 is 0 Å². The van der Waals surface area contributed by atoms with Crippen molar-refractivity contribution in [1.82, 2.24) is 9.88 Å². The zero-order valence-corrected chi connectivity index (χ0v) is 17.3. The summed E-state index contributed by atoms with van der Waals surface area (Å²) in [6.45, 7) is 3.19. The van der Waals surface area contributed by atoms with Gasteiger partial charge in [0.1, 0.15) is 6.04 Å². The number of methoxy groups -OCH3 is 2. The average molecular weight is 434 g/mol. The van der Waals surface area contributed by atoms with Gasteiger partial charge in [-0.3, -0.25) is 9.98 Å². The minimum absolute atomic E-state index is 0.0266. The van der Waals surface area contributed by atoms with Crippen LogP contribution in [0.5, 0.6) is 11.5 Å². The first-order chi connectivity index (χ1) is 12.6. The molecule has 0 N–H and O–H groups in total. The van der Waals surface area contributed by atoms with Crippen LogP contribution in [-0.4, -0.2) is 41.1 Å². The van der Waals surface area contributed by atoms with E-state index >= 15 is 0 Å². The van der Waals surface area contributed by atoms with Crippen LogP contribution in [0.1, 0.15) is 30.3 Å². The third-order valence-corrected chi connectivity index (χ3v) is 6.23. The van der Waals surface area contributed by atoms with E-state index in [1.54, 1.807) is 14.2 Å². The highest BCUT2D eigenvalue weighted by Crippen LogP contribution is 2.51. The number of pyridine rings is 1. The fraction of sp³-hybridized carbons (Fsp3) is 0.368. The quantitative estimate of drug-likeness (QED) is 0.712. The molecule has 2 aliphatic rings. The van der Waals surface area contributed by atoms with Gasteiger partial charge in [-0.15, -0.1) is 0 Å². The van der Waals surface area contributed by atoms with E-state index in [2.05, 4.69) is 38.8 Å². The second kappa shape index (κ2) is 7.12. The van der Waals surface area contributed by atoms with E-state index in [1.807, 2.05) is 42.2 Å². The first-order valence-electron chi connectivity index (χ1n) is 8.45. The van der Waals surface area contributed by atoms with Crippen molar-refractivity contribution in [2.75, 3.05) is 20.8 Å². The summed E-state index contributed by atoms with van der Waals surface area (Å²) in [5, 5.41) is 1.60. The number of ether oxygens (including phenoxy) is 2. The molecule has 2 aliphatic heterocycles. The van der Waals surface area contributed by atoms with Crippen molar-refractivity contribution in [3.8, 4) is 11.5 Å². The number of nitrogens with zero attached hydrogens (tertiary/aromatic N) is 3. The van der Waals surface area contributed by atoms with Crippen LogP contribution in [-0.2, 0) is 0 Å². The van der Waals surface area contributed by atoms with Crippen LogP contribution in [0.3, 0.4) is 0 Å². The maximum atomic E-state index is 5.74. The topological polar surface area (TPSA) is 47.0 Å². The van der Waals surface area contributed by atoms with Crippen molar-refractivity contribution in [3.05, 3.63) is 52.3 Å². The highest BCUT2D eigenvalue weighted by atomic mass is 79.9. The predicted molar refractivity (Wildman–Crippen MR) is 108 cm³/mol. The number of thioether (sulfide) groups is 1. The molecule has 136 valence electrons. The fourth-order valence-corrected chi connectivity index (χ4v) is 5.18. The lowest BCUT2D eigenvalue weighted by molar-refractivity contribution is 0.298. The smallest absolute Gasteiger partial charge is 0.166 e. The molecule has 0 radical (unpaired) electrons. The maximum Gasteiger partial charge on any atom is 0.166 e. The van der Waals surface area contributed by atoms with Crippen molar-refractivity contribution >= 4 is 32.9 Å². The summed E-state index contributed by atoms with van der Waals surface area (Å²) >= 11 is 5.44. The summed E-state index contributed by atoms with van der Waals surface area (Å²) in [5.41, 5.74) is 2.02. The summed E-state index contributed by atoms with van der Waals surface area (Å²) in [6, 6.07) is 9.97. The summed E-state index contributed by atoms with van der Waals surface area (Å²) in [6.07, 6.45) is 1.82. The zero-order chi connectivity index (χ0) is 18.3. The second-order valence-corrected chi connectivity index (χ2v) is 8.69. The lowest BCUT2D eigenvalue weighted by atomic mass is 9.95. The molecule has 0 amide bonds. The molecule has 0 aliphatic carbocycles. The van der Waals surface area contributed by atoms with Crippen LogP contribution >= 0.6 is 27.7 Å². The lowest BCUT2D eigenvalue weighted by Gasteiger charge is -2.29. The number of rotatable bonds is 4. The van der Waals surface area contributed by atoms with Crippen LogP contribution in [0, 0.1) is 0 Å². The number of halogens is 1. The monoisotopic (exact) mass is 433 g/mol. The Labute approximate surface area is 165 Å². The van der Waals surface area contributed by atoms with Gasteiger partial charge in [-0.05, 0) is 24.3 Å². The molecule has 3 atom stereocenters. The van der Waals surface area contributed by atoms with Crippen molar-refractivity contribution in [3.63, 3.8) is 0 Å². The Kier molecular flexibility index (Phi) is 4.84. The molecular weight excluding hydrogens is 414 g/mol. The van der Waals surface area contributed by atoms with E-state index in [9.17, 15) is 0 Å². The normalized spacial score (nSPS) is 24.4. The molecule has 0 saturated carbocycles. The Morgan fingerprint density at radius 3 is 2.77 bits per heavy atom. The summed E-state index contributed by atoms with van der Waals surface area (Å²) in [5.74, 6) is 1.47. The standard InChI is InChI=1S/C19H20BrN3O2S/c1-11-10-23-17(13-8-12(20)9-15(24-2)18(13)25-3)16(22-19(23)26-11)14-6-4-5-7-21-14/h4-9,11,16-17H,10H2,1-3H3/t11-,16+,17+/m0/s1. The van der Waals surface area contributed by atoms with Gasteiger partial charge in [-0.2, -0.15) is 0 Å². The molecule has 26 heavy (non-hydrogen) atoms. The Bertz CT molecular complexity index is 846. The van der Waals surface area contributed by atoms with Gasteiger partial charge in [0.25, 0.3) is 0 Å². The number of hydrogen-bond acceptors (Lipinski definition) is 6. The summed E-state index contributed by atoms with van der Waals surface area (Å²) in [4.78, 5) is 12.0. The molecule has 0 spiro atoms. The first-order valence-corrected chi connectivity index (χ1v) is 10.1. The van der Waals surface area contributed by atoms with Crippen molar-refractivity contribution in [2.24, 2.45) is 4.99 Å². The SMILES string of the molecule is COc1cc(Br)cc([C@@H]2[C@@H](c3ccccn3)N=C3S[C@@H](C)CN32)c1OC. The Hall–Kier alpha value is -1.73. The number of aromatic nitrogens is 1. The van der Waals surface area contributed by atoms with E-state index < -0.39 is 0 Å². The van der Waals surface area contributed by atoms with Crippen molar-refractivity contribution in [2.45, 2.75) is 24.3 Å². The lowest BCUT2D eigenvalue weighted by Crippen LogP contribution is -2.29. The molecule has 3 heterocycles. The third kappa shape index (κ3) is 2.97. The molecule has 1 aromatic heterocycles. The first kappa shape index (κ1) is 17.7. The molecule has 2 aromatic rings. The van der Waals surface area contributed by atoms with Gasteiger partial charge in [-0.1, -0.05) is 40.7 Å². The molecule has 7 heteroatoms. The van der Waals surface area contributed by atoms with Gasteiger partial charge in [0.15, 0.2) is 16.7 Å². The van der Waals surface area contributed by atoms with Crippen molar-refractivity contribution < 1.29 is 9.47 Å². The highest BCUT2D eigenvalue weighted by Gasteiger charge is 2.45. The van der Waals surface area contributed by atoms with Gasteiger partial charge in [0.05, 0.1) is 26.0 Å². The predicted octanol–water partition coefficient (Wildman–Crippen LogP) is 4.45. The molecule has 0 bridgehead atoms. The molecule has 0 unspecified atom stereocenters. The summed E-state index contributed by atoms with van der Waals surface area (Å²) < 4.78 is 12.3. The number of hydrogen-bond donors (Lipinski definition) is 0. The van der Waals surface area contributed by atoms with Crippen LogP contribution in [0.4, 0.5) is 0 Å². The molecular formula is C19H20BrN3O2S. The molecule has 5 nitrogen and oxygen atoms in total. The van der Waals surface area contributed by atoms with E-state index in [0.29, 0.717) is 11.0 Å². The van der Waals surface area contributed by atoms with Crippen LogP contribution < -0.4 is 9.47 Å². The second-order valence-electron chi connectivity index (χ2n) is 6.37. The van der Waals surface area contributed by atoms with Gasteiger partial charge < -0.3 is 14.4 Å². The van der Waals surface area contributed by atoms with Gasteiger partial charge in [0, 0.05) is 28.0 Å². The largest absolute Gasteiger partial charge is 0.493 e. The Balaban J connectivity index is 1.86. The zero-order valence-electron chi connectivity index (χ0n) is 14.8. The fourth-order valence-electron chi connectivity index (χ4n) is 3.63. The van der Waals surface area contributed by atoms with Gasteiger partial charge in [-0.25, -0.2) is 0 Å². The average Bonchev–Trinajstić information content (AvgIpc) is 3.17. The third-order valence-electron chi connectivity index (χ3n) is 4.67. The molecule has 1 fully saturated rings. The molecule has 1 aromatic carbocycles. The minimum atomic E-state index is -0.0703. The van der Waals surface area contributed by atoms with Gasteiger partial charge in [0.2, 0.25) is 0 Å². The number of aliphatic imine (C=N–C) groups is 1. The Morgan fingerprint density at radius 2 is 2.08 bits per heavy atom. The van der Waals surface area contributed by atoms with Crippen molar-refractivity contribution in [1.29, 1.82) is 0 Å². The van der Waals surface area contributed by atoms with E-state index in [4.69, 9.17) is 14.5 Å². The Morgan fingerprint density at radius 1 is 1.23 bits per heavy atom. The molecule has 4 rings (SSSR count). The maximum absolute atomic E-state index is 5.74. The summed E-state index contributed by atoms with van der Waals surface area (Å²) in [7, 11) is 3.35. The number of fused-ring (bicyclic) bond motifs is 1.